The second-order valence-corrected chi connectivity index (χ2v) is 6.03. The van der Waals surface area contributed by atoms with Gasteiger partial charge in [0.1, 0.15) is 0 Å². The Labute approximate surface area is 131 Å². The zero-order chi connectivity index (χ0) is 16.1. The molecule has 1 saturated heterocycles. The van der Waals surface area contributed by atoms with Gasteiger partial charge in [-0.2, -0.15) is 0 Å². The largest absolute Gasteiger partial charge is 0.493 e. The lowest BCUT2D eigenvalue weighted by Gasteiger charge is -2.31. The number of ether oxygens (including phenoxy) is 2. The van der Waals surface area contributed by atoms with Gasteiger partial charge in [-0.05, 0) is 39.3 Å². The fourth-order valence-electron chi connectivity index (χ4n) is 2.86. The number of carboxylic acids is 1. The minimum Gasteiger partial charge on any atom is -0.493 e. The van der Waals surface area contributed by atoms with Crippen LogP contribution in [0.3, 0.4) is 0 Å². The molecule has 122 valence electrons. The van der Waals surface area contributed by atoms with Gasteiger partial charge >= 0.3 is 5.97 Å². The van der Waals surface area contributed by atoms with Gasteiger partial charge in [0, 0.05) is 18.7 Å². The lowest BCUT2D eigenvalue weighted by Crippen LogP contribution is -2.38. The van der Waals surface area contributed by atoms with Crippen LogP contribution in [-0.4, -0.2) is 42.3 Å². The van der Waals surface area contributed by atoms with Crippen molar-refractivity contribution in [2.45, 2.75) is 39.3 Å². The smallest absolute Gasteiger partial charge is 0.307 e. The Bertz CT molecular complexity index is 515. The molecular formula is C17H25NO4. The van der Waals surface area contributed by atoms with Crippen molar-refractivity contribution in [3.05, 3.63) is 23.8 Å². The van der Waals surface area contributed by atoms with Crippen LogP contribution in [-0.2, 0) is 11.3 Å². The topological polar surface area (TPSA) is 59.0 Å². The first-order valence-corrected chi connectivity index (χ1v) is 7.79. The highest BCUT2D eigenvalue weighted by Crippen LogP contribution is 2.33. The van der Waals surface area contributed by atoms with Gasteiger partial charge < -0.3 is 14.6 Å². The first-order chi connectivity index (χ1) is 10.5. The van der Waals surface area contributed by atoms with Crippen LogP contribution in [0.25, 0.3) is 0 Å². The summed E-state index contributed by atoms with van der Waals surface area (Å²) in [5.41, 5.74) is 1.04. The maximum atomic E-state index is 11.2. The van der Waals surface area contributed by atoms with E-state index >= 15 is 0 Å². The molecule has 2 rings (SSSR count). The summed E-state index contributed by atoms with van der Waals surface area (Å²) < 4.78 is 11.3. The molecule has 1 heterocycles. The van der Waals surface area contributed by atoms with E-state index < -0.39 is 5.97 Å². The van der Waals surface area contributed by atoms with Crippen molar-refractivity contribution in [3.63, 3.8) is 0 Å². The fraction of sp³-hybridized carbons (Fsp3) is 0.588. The Morgan fingerprint density at radius 2 is 2.23 bits per heavy atom. The first-order valence-electron chi connectivity index (χ1n) is 7.79. The standard InChI is InChI=1S/C17H25NO4/c1-12(2)22-16-13(6-4-8-15(16)21-3)10-18-9-5-7-14(11-18)17(19)20/h4,6,8,12,14H,5,7,9-11H2,1-3H3,(H,19,20). The van der Waals surface area contributed by atoms with Gasteiger partial charge in [-0.1, -0.05) is 12.1 Å². The number of para-hydroxylation sites is 1. The molecule has 1 fully saturated rings. The Morgan fingerprint density at radius 1 is 1.45 bits per heavy atom. The van der Waals surface area contributed by atoms with Crippen LogP contribution in [0.2, 0.25) is 0 Å². The number of benzene rings is 1. The van der Waals surface area contributed by atoms with E-state index in [-0.39, 0.29) is 12.0 Å². The van der Waals surface area contributed by atoms with Crippen molar-refractivity contribution in [1.29, 1.82) is 0 Å². The molecule has 1 aromatic rings. The second-order valence-electron chi connectivity index (χ2n) is 6.03. The van der Waals surface area contributed by atoms with Crippen molar-refractivity contribution in [2.75, 3.05) is 20.2 Å². The summed E-state index contributed by atoms with van der Waals surface area (Å²) in [6.45, 7) is 6.16. The van der Waals surface area contributed by atoms with Gasteiger partial charge in [0.2, 0.25) is 0 Å². The molecule has 0 saturated carbocycles. The average molecular weight is 307 g/mol. The van der Waals surface area contributed by atoms with Crippen LogP contribution in [0.5, 0.6) is 11.5 Å². The van der Waals surface area contributed by atoms with Crippen molar-refractivity contribution < 1.29 is 19.4 Å². The SMILES string of the molecule is COc1cccc(CN2CCCC(C(=O)O)C2)c1OC(C)C. The summed E-state index contributed by atoms with van der Waals surface area (Å²) in [5.74, 6) is 0.512. The van der Waals surface area contributed by atoms with Gasteiger partial charge in [0.05, 0.1) is 19.1 Å². The molecule has 1 N–H and O–H groups in total. The molecule has 5 heteroatoms. The third kappa shape index (κ3) is 4.13. The molecule has 0 spiro atoms. The van der Waals surface area contributed by atoms with Crippen LogP contribution in [0.15, 0.2) is 18.2 Å². The predicted molar refractivity (Wildman–Crippen MR) is 84.4 cm³/mol. The Balaban J connectivity index is 2.16. The van der Waals surface area contributed by atoms with E-state index in [2.05, 4.69) is 4.90 Å². The van der Waals surface area contributed by atoms with Crippen LogP contribution in [0.4, 0.5) is 0 Å². The maximum absolute atomic E-state index is 11.2. The Kier molecular flexibility index (Phi) is 5.66. The number of piperidine rings is 1. The van der Waals surface area contributed by atoms with Crippen LogP contribution in [0, 0.1) is 5.92 Å². The van der Waals surface area contributed by atoms with Crippen molar-refractivity contribution in [1.82, 2.24) is 4.90 Å². The number of carbonyl (C=O) groups is 1. The zero-order valence-electron chi connectivity index (χ0n) is 13.5. The van der Waals surface area contributed by atoms with E-state index in [1.54, 1.807) is 7.11 Å². The molecule has 1 unspecified atom stereocenters. The molecule has 5 nitrogen and oxygen atoms in total. The maximum Gasteiger partial charge on any atom is 0.307 e. The van der Waals surface area contributed by atoms with Gasteiger partial charge in [-0.25, -0.2) is 0 Å². The third-order valence-corrected chi connectivity index (χ3v) is 3.88. The highest BCUT2D eigenvalue weighted by molar-refractivity contribution is 5.70. The molecule has 0 aromatic heterocycles. The summed E-state index contributed by atoms with van der Waals surface area (Å²) in [7, 11) is 1.63. The quantitative estimate of drug-likeness (QED) is 0.875. The molecule has 0 amide bonds. The Morgan fingerprint density at radius 3 is 2.86 bits per heavy atom. The van der Waals surface area contributed by atoms with E-state index in [0.717, 1.165) is 36.4 Å². The molecule has 0 aliphatic carbocycles. The van der Waals surface area contributed by atoms with E-state index in [0.29, 0.717) is 13.1 Å². The lowest BCUT2D eigenvalue weighted by atomic mass is 9.98. The molecule has 1 aliphatic heterocycles. The number of rotatable bonds is 6. The van der Waals surface area contributed by atoms with Crippen molar-refractivity contribution >= 4 is 5.97 Å². The fourth-order valence-corrected chi connectivity index (χ4v) is 2.86. The van der Waals surface area contributed by atoms with Crippen molar-refractivity contribution in [3.8, 4) is 11.5 Å². The normalized spacial score (nSPS) is 19.2. The highest BCUT2D eigenvalue weighted by atomic mass is 16.5. The number of hydrogen-bond donors (Lipinski definition) is 1. The predicted octanol–water partition coefficient (Wildman–Crippen LogP) is 2.78. The van der Waals surface area contributed by atoms with Crippen LogP contribution >= 0.6 is 0 Å². The van der Waals surface area contributed by atoms with Gasteiger partial charge in [0.15, 0.2) is 11.5 Å². The molecule has 22 heavy (non-hydrogen) atoms. The molecule has 1 aliphatic rings. The monoisotopic (exact) mass is 307 g/mol. The number of aliphatic carboxylic acids is 1. The van der Waals surface area contributed by atoms with Crippen LogP contribution in [0.1, 0.15) is 32.3 Å². The van der Waals surface area contributed by atoms with E-state index in [4.69, 9.17) is 9.47 Å². The molecular weight excluding hydrogens is 282 g/mol. The summed E-state index contributed by atoms with van der Waals surface area (Å²) in [4.78, 5) is 13.4. The zero-order valence-corrected chi connectivity index (χ0v) is 13.5. The van der Waals surface area contributed by atoms with E-state index in [1.807, 2.05) is 32.0 Å². The number of methoxy groups -OCH3 is 1. The van der Waals surface area contributed by atoms with Crippen LogP contribution < -0.4 is 9.47 Å². The third-order valence-electron chi connectivity index (χ3n) is 3.88. The first kappa shape index (κ1) is 16.6. The summed E-state index contributed by atoms with van der Waals surface area (Å²) in [6.07, 6.45) is 1.74. The lowest BCUT2D eigenvalue weighted by molar-refractivity contribution is -0.143. The molecule has 0 radical (unpaired) electrons. The number of hydrogen-bond acceptors (Lipinski definition) is 4. The van der Waals surface area contributed by atoms with Gasteiger partial charge in [-0.3, -0.25) is 9.69 Å². The van der Waals surface area contributed by atoms with Gasteiger partial charge in [-0.15, -0.1) is 0 Å². The minimum absolute atomic E-state index is 0.0585. The Hall–Kier alpha value is -1.75. The van der Waals surface area contributed by atoms with E-state index in [9.17, 15) is 9.90 Å². The second kappa shape index (κ2) is 7.49. The number of likely N-dealkylation sites (tertiary alicyclic amines) is 1. The molecule has 1 atom stereocenters. The van der Waals surface area contributed by atoms with Gasteiger partial charge in [0.25, 0.3) is 0 Å². The molecule has 1 aromatic carbocycles. The molecule has 0 bridgehead atoms. The average Bonchev–Trinajstić information content (AvgIpc) is 2.48. The minimum atomic E-state index is -0.700. The van der Waals surface area contributed by atoms with Crippen molar-refractivity contribution in [2.24, 2.45) is 5.92 Å². The summed E-state index contributed by atoms with van der Waals surface area (Å²) in [6, 6.07) is 5.85. The number of nitrogens with zero attached hydrogens (tertiary/aromatic N) is 1. The summed E-state index contributed by atoms with van der Waals surface area (Å²) >= 11 is 0. The highest BCUT2D eigenvalue weighted by Gasteiger charge is 2.26. The van der Waals surface area contributed by atoms with E-state index in [1.165, 1.54) is 0 Å². The number of carboxylic acid groups (broad SMARTS) is 1. The summed E-state index contributed by atoms with van der Waals surface area (Å²) in [5, 5.41) is 9.21.